The van der Waals surface area contributed by atoms with E-state index < -0.39 is 5.54 Å². The number of nitrogens with one attached hydrogen (secondary N) is 1. The van der Waals surface area contributed by atoms with Gasteiger partial charge in [-0.05, 0) is 62.3 Å². The van der Waals surface area contributed by atoms with Gasteiger partial charge in [-0.25, -0.2) is 4.98 Å². The lowest BCUT2D eigenvalue weighted by molar-refractivity contribution is -0.143. The van der Waals surface area contributed by atoms with Gasteiger partial charge in [-0.1, -0.05) is 6.07 Å². The van der Waals surface area contributed by atoms with Crippen LogP contribution in [-0.4, -0.2) is 30.1 Å². The molecule has 0 spiro atoms. The van der Waals surface area contributed by atoms with Crippen molar-refractivity contribution in [3.63, 3.8) is 0 Å². The van der Waals surface area contributed by atoms with Crippen LogP contribution in [0.5, 0.6) is 0 Å². The Morgan fingerprint density at radius 1 is 1.38 bits per heavy atom. The number of methoxy groups -OCH3 is 1. The highest BCUT2D eigenvalue weighted by Gasteiger charge is 2.59. The molecule has 2 atom stereocenters. The molecule has 2 aromatic rings. The molecule has 0 radical (unpaired) electrons. The van der Waals surface area contributed by atoms with Crippen LogP contribution in [0.3, 0.4) is 0 Å². The number of hydrogen-bond donors (Lipinski definition) is 2. The monoisotopic (exact) mass is 371 g/mol. The summed E-state index contributed by atoms with van der Waals surface area (Å²) in [5, 5.41) is 3.40. The topological polar surface area (TPSA) is 77.2 Å². The van der Waals surface area contributed by atoms with E-state index in [1.54, 1.807) is 11.3 Å². The minimum absolute atomic E-state index is 0.113. The summed E-state index contributed by atoms with van der Waals surface area (Å²) >= 11 is 1.77. The standard InChI is InChI=1S/C20H25N3O2S/c1-25-19(24)20(21)12-16(20)17-10-9-15(26-17)6-2-5-14-8-7-13-4-3-11-22-18(13)23-14/h7-10,16H,2-6,11-12,21H2,1H3,(H,22,23). The van der Waals surface area contributed by atoms with Gasteiger partial charge in [-0.3, -0.25) is 4.79 Å². The van der Waals surface area contributed by atoms with Crippen LogP contribution in [0, 0.1) is 0 Å². The average Bonchev–Trinajstić information content (AvgIpc) is 3.15. The van der Waals surface area contributed by atoms with E-state index in [9.17, 15) is 4.79 Å². The molecule has 0 bridgehead atoms. The molecule has 6 heteroatoms. The molecule has 0 saturated heterocycles. The first-order valence-electron chi connectivity index (χ1n) is 9.29. The number of aryl methyl sites for hydroxylation is 3. The number of carbonyl (C=O) groups excluding carboxylic acids is 1. The Morgan fingerprint density at radius 2 is 2.27 bits per heavy atom. The normalized spacial score (nSPS) is 23.8. The molecule has 1 aliphatic heterocycles. The van der Waals surface area contributed by atoms with Crippen LogP contribution in [0.15, 0.2) is 24.3 Å². The number of thiophene rings is 1. The number of esters is 1. The Balaban J connectivity index is 1.31. The van der Waals surface area contributed by atoms with Crippen LogP contribution in [0.25, 0.3) is 0 Å². The third kappa shape index (κ3) is 3.35. The molecule has 3 heterocycles. The van der Waals surface area contributed by atoms with E-state index in [0.29, 0.717) is 6.42 Å². The van der Waals surface area contributed by atoms with E-state index in [-0.39, 0.29) is 11.9 Å². The summed E-state index contributed by atoms with van der Waals surface area (Å²) in [5.41, 5.74) is 7.82. The fraction of sp³-hybridized carbons (Fsp3) is 0.500. The number of ether oxygens (including phenoxy) is 1. The minimum Gasteiger partial charge on any atom is -0.468 e. The van der Waals surface area contributed by atoms with Crippen molar-refractivity contribution in [1.82, 2.24) is 4.98 Å². The number of fused-ring (bicyclic) bond motifs is 1. The molecular weight excluding hydrogens is 346 g/mol. The Bertz CT molecular complexity index is 819. The summed E-state index contributed by atoms with van der Waals surface area (Å²) in [4.78, 5) is 19.1. The predicted octanol–water partition coefficient (Wildman–Crippen LogP) is 3.03. The summed E-state index contributed by atoms with van der Waals surface area (Å²) in [7, 11) is 1.40. The molecule has 0 aromatic carbocycles. The summed E-state index contributed by atoms with van der Waals surface area (Å²) in [6.45, 7) is 1.02. The smallest absolute Gasteiger partial charge is 0.326 e. The summed E-state index contributed by atoms with van der Waals surface area (Å²) in [5.74, 6) is 0.884. The van der Waals surface area contributed by atoms with Crippen LogP contribution in [0.2, 0.25) is 0 Å². The number of nitrogens with zero attached hydrogens (tertiary/aromatic N) is 1. The molecule has 5 nitrogen and oxygen atoms in total. The van der Waals surface area contributed by atoms with Gasteiger partial charge in [-0.15, -0.1) is 11.3 Å². The molecule has 3 N–H and O–H groups in total. The van der Waals surface area contributed by atoms with Gasteiger partial charge in [-0.2, -0.15) is 0 Å². The van der Waals surface area contributed by atoms with Gasteiger partial charge in [0.25, 0.3) is 0 Å². The maximum Gasteiger partial charge on any atom is 0.326 e. The van der Waals surface area contributed by atoms with Crippen molar-refractivity contribution in [2.75, 3.05) is 19.0 Å². The quantitative estimate of drug-likeness (QED) is 0.763. The SMILES string of the molecule is COC(=O)C1(N)CC1c1ccc(CCCc2ccc3c(n2)NCCC3)s1. The average molecular weight is 372 g/mol. The molecular formula is C20H25N3O2S. The first-order valence-corrected chi connectivity index (χ1v) is 10.1. The third-order valence-electron chi connectivity index (χ3n) is 5.40. The molecule has 1 fully saturated rings. The molecule has 2 aliphatic rings. The van der Waals surface area contributed by atoms with Crippen molar-refractivity contribution in [2.24, 2.45) is 5.73 Å². The van der Waals surface area contributed by atoms with E-state index in [4.69, 9.17) is 15.5 Å². The predicted molar refractivity (Wildman–Crippen MR) is 104 cm³/mol. The second kappa shape index (κ2) is 7.00. The Kier molecular flexibility index (Phi) is 4.71. The highest BCUT2D eigenvalue weighted by Crippen LogP contribution is 2.52. The minimum atomic E-state index is -0.809. The van der Waals surface area contributed by atoms with E-state index in [1.807, 2.05) is 0 Å². The number of pyridine rings is 1. The molecule has 0 amide bonds. The number of carbonyl (C=O) groups is 1. The number of aromatic nitrogens is 1. The summed E-state index contributed by atoms with van der Waals surface area (Å²) < 4.78 is 4.82. The number of rotatable bonds is 6. The molecule has 2 unspecified atom stereocenters. The Hall–Kier alpha value is -1.92. The molecule has 2 aromatic heterocycles. The van der Waals surface area contributed by atoms with E-state index in [1.165, 1.54) is 28.8 Å². The van der Waals surface area contributed by atoms with Gasteiger partial charge in [0, 0.05) is 27.9 Å². The zero-order chi connectivity index (χ0) is 18.1. The van der Waals surface area contributed by atoms with Crippen molar-refractivity contribution < 1.29 is 9.53 Å². The van der Waals surface area contributed by atoms with Crippen molar-refractivity contribution in [1.29, 1.82) is 0 Å². The van der Waals surface area contributed by atoms with Crippen molar-refractivity contribution in [3.05, 3.63) is 45.3 Å². The van der Waals surface area contributed by atoms with Crippen molar-refractivity contribution in [2.45, 2.75) is 50.0 Å². The molecule has 26 heavy (non-hydrogen) atoms. The maximum atomic E-state index is 11.8. The summed E-state index contributed by atoms with van der Waals surface area (Å²) in [6.07, 6.45) is 6.08. The largest absolute Gasteiger partial charge is 0.468 e. The number of nitrogens with two attached hydrogens (primary N) is 1. The molecule has 1 saturated carbocycles. The zero-order valence-electron chi connectivity index (χ0n) is 15.1. The summed E-state index contributed by atoms with van der Waals surface area (Å²) in [6, 6.07) is 8.66. The van der Waals surface area contributed by atoms with Gasteiger partial charge in [0.15, 0.2) is 0 Å². The number of anilines is 1. The van der Waals surface area contributed by atoms with E-state index >= 15 is 0 Å². The van der Waals surface area contributed by atoms with Crippen molar-refractivity contribution >= 4 is 23.1 Å². The Labute approximate surface area is 158 Å². The lowest BCUT2D eigenvalue weighted by Crippen LogP contribution is -2.35. The fourth-order valence-electron chi connectivity index (χ4n) is 3.72. The van der Waals surface area contributed by atoms with Crippen LogP contribution >= 0.6 is 11.3 Å². The van der Waals surface area contributed by atoms with E-state index in [0.717, 1.165) is 43.7 Å². The van der Waals surface area contributed by atoms with Gasteiger partial charge < -0.3 is 15.8 Å². The third-order valence-corrected chi connectivity index (χ3v) is 6.66. The lowest BCUT2D eigenvalue weighted by atomic mass is 10.1. The van der Waals surface area contributed by atoms with Gasteiger partial charge in [0.05, 0.1) is 7.11 Å². The van der Waals surface area contributed by atoms with Crippen molar-refractivity contribution in [3.8, 4) is 0 Å². The lowest BCUT2D eigenvalue weighted by Gasteiger charge is -2.17. The molecule has 1 aliphatic carbocycles. The highest BCUT2D eigenvalue weighted by molar-refractivity contribution is 7.12. The van der Waals surface area contributed by atoms with Crippen LogP contribution in [-0.2, 0) is 28.8 Å². The zero-order valence-corrected chi connectivity index (χ0v) is 15.9. The van der Waals surface area contributed by atoms with Gasteiger partial charge in [0.2, 0.25) is 0 Å². The maximum absolute atomic E-state index is 11.8. The second-order valence-electron chi connectivity index (χ2n) is 7.29. The van der Waals surface area contributed by atoms with Gasteiger partial charge in [0.1, 0.15) is 11.4 Å². The number of hydrogen-bond acceptors (Lipinski definition) is 6. The molecule has 138 valence electrons. The van der Waals surface area contributed by atoms with E-state index in [2.05, 4.69) is 29.6 Å². The molecule has 4 rings (SSSR count). The first kappa shape index (κ1) is 17.5. The Morgan fingerprint density at radius 3 is 3.12 bits per heavy atom. The van der Waals surface area contributed by atoms with Crippen LogP contribution in [0.1, 0.15) is 46.2 Å². The first-order chi connectivity index (χ1) is 12.6. The fourth-order valence-corrected chi connectivity index (χ4v) is 4.97. The highest BCUT2D eigenvalue weighted by atomic mass is 32.1. The second-order valence-corrected chi connectivity index (χ2v) is 8.49. The van der Waals surface area contributed by atoms with Gasteiger partial charge >= 0.3 is 5.97 Å². The van der Waals surface area contributed by atoms with Crippen LogP contribution < -0.4 is 11.1 Å². The van der Waals surface area contributed by atoms with Crippen LogP contribution in [0.4, 0.5) is 5.82 Å².